The number of nitriles is 1. The Morgan fingerprint density at radius 3 is 2.47 bits per heavy atom. The molecule has 3 heteroatoms. The van der Waals surface area contributed by atoms with Gasteiger partial charge in [-0.25, -0.2) is 0 Å². The van der Waals surface area contributed by atoms with Crippen LogP contribution in [-0.2, 0) is 6.54 Å². The zero-order chi connectivity index (χ0) is 11.3. The number of hydrogen-bond acceptors (Lipinski definition) is 2. The number of nitrogens with zero attached hydrogens (tertiary/aromatic N) is 2. The third-order valence-electron chi connectivity index (χ3n) is 2.39. The minimum Gasteiger partial charge on any atom is -0.300 e. The highest BCUT2D eigenvalue weighted by molar-refractivity contribution is 6.30. The van der Waals surface area contributed by atoms with Gasteiger partial charge in [-0.05, 0) is 36.9 Å². The van der Waals surface area contributed by atoms with Gasteiger partial charge in [0.05, 0.1) is 11.6 Å². The Labute approximate surface area is 96.1 Å². The topological polar surface area (TPSA) is 27.0 Å². The van der Waals surface area contributed by atoms with Crippen molar-refractivity contribution >= 4 is 11.6 Å². The Kier molecular flexibility index (Phi) is 4.61. The van der Waals surface area contributed by atoms with Crippen molar-refractivity contribution in [3.8, 4) is 6.07 Å². The first-order valence-corrected chi connectivity index (χ1v) is 5.49. The minimum absolute atomic E-state index is 0.629. The SMILES string of the molecule is CCN(CC)Cc1cc(Cl)cc(C#N)c1. The molecule has 0 radical (unpaired) electrons. The molecule has 0 spiro atoms. The fourth-order valence-corrected chi connectivity index (χ4v) is 1.77. The van der Waals surface area contributed by atoms with Gasteiger partial charge in [-0.2, -0.15) is 5.26 Å². The summed E-state index contributed by atoms with van der Waals surface area (Å²) in [7, 11) is 0. The van der Waals surface area contributed by atoms with Crippen molar-refractivity contribution in [2.24, 2.45) is 0 Å². The van der Waals surface area contributed by atoms with E-state index in [9.17, 15) is 0 Å². The molecule has 0 aliphatic rings. The van der Waals surface area contributed by atoms with E-state index in [1.54, 1.807) is 6.07 Å². The van der Waals surface area contributed by atoms with E-state index >= 15 is 0 Å². The van der Waals surface area contributed by atoms with Gasteiger partial charge in [0, 0.05) is 11.6 Å². The average molecular weight is 223 g/mol. The van der Waals surface area contributed by atoms with Crippen LogP contribution in [0.4, 0.5) is 0 Å². The van der Waals surface area contributed by atoms with Crippen molar-refractivity contribution in [2.45, 2.75) is 20.4 Å². The zero-order valence-electron chi connectivity index (χ0n) is 9.13. The molecule has 0 fully saturated rings. The lowest BCUT2D eigenvalue weighted by molar-refractivity contribution is 0.296. The molecule has 0 heterocycles. The molecule has 0 aromatic heterocycles. The molecule has 0 saturated carbocycles. The molecule has 2 nitrogen and oxygen atoms in total. The Bertz CT molecular complexity index is 364. The maximum atomic E-state index is 8.81. The normalized spacial score (nSPS) is 10.3. The molecule has 0 bridgehead atoms. The number of benzene rings is 1. The maximum Gasteiger partial charge on any atom is 0.0992 e. The second-order valence-electron chi connectivity index (χ2n) is 3.42. The summed E-state index contributed by atoms with van der Waals surface area (Å²) in [5.41, 5.74) is 1.73. The summed E-state index contributed by atoms with van der Waals surface area (Å²) in [6.07, 6.45) is 0. The molecule has 0 amide bonds. The monoisotopic (exact) mass is 222 g/mol. The van der Waals surface area contributed by atoms with Gasteiger partial charge in [-0.3, -0.25) is 4.90 Å². The van der Waals surface area contributed by atoms with Crippen molar-refractivity contribution < 1.29 is 0 Å². The molecule has 0 atom stereocenters. The summed E-state index contributed by atoms with van der Waals surface area (Å²) >= 11 is 5.93. The van der Waals surface area contributed by atoms with Crippen molar-refractivity contribution in [2.75, 3.05) is 13.1 Å². The highest BCUT2D eigenvalue weighted by atomic mass is 35.5. The van der Waals surface area contributed by atoms with Gasteiger partial charge in [-0.15, -0.1) is 0 Å². The quantitative estimate of drug-likeness (QED) is 0.783. The van der Waals surface area contributed by atoms with Crippen LogP contribution in [0.25, 0.3) is 0 Å². The van der Waals surface area contributed by atoms with Crippen LogP contribution in [0.2, 0.25) is 5.02 Å². The van der Waals surface area contributed by atoms with Crippen LogP contribution in [0.15, 0.2) is 18.2 Å². The number of halogens is 1. The molecular formula is C12H15ClN2. The van der Waals surface area contributed by atoms with Gasteiger partial charge in [0.1, 0.15) is 0 Å². The Hall–Kier alpha value is -1.04. The van der Waals surface area contributed by atoms with Crippen LogP contribution in [0.5, 0.6) is 0 Å². The maximum absolute atomic E-state index is 8.81. The standard InChI is InChI=1S/C12H15ClN2/c1-3-15(4-2)9-11-5-10(8-14)6-12(13)7-11/h5-7H,3-4,9H2,1-2H3. The van der Waals surface area contributed by atoms with Gasteiger partial charge in [0.15, 0.2) is 0 Å². The molecule has 0 aliphatic heterocycles. The molecule has 80 valence electrons. The summed E-state index contributed by atoms with van der Waals surface area (Å²) in [6.45, 7) is 7.11. The van der Waals surface area contributed by atoms with Crippen LogP contribution < -0.4 is 0 Å². The molecule has 0 aliphatic carbocycles. The average Bonchev–Trinajstić information content (AvgIpc) is 2.25. The van der Waals surface area contributed by atoms with E-state index in [1.165, 1.54) is 0 Å². The van der Waals surface area contributed by atoms with Crippen LogP contribution in [0.3, 0.4) is 0 Å². The van der Waals surface area contributed by atoms with Gasteiger partial charge in [0.25, 0.3) is 0 Å². The summed E-state index contributed by atoms with van der Waals surface area (Å²) < 4.78 is 0. The lowest BCUT2D eigenvalue weighted by atomic mass is 10.1. The molecule has 0 unspecified atom stereocenters. The Morgan fingerprint density at radius 1 is 1.27 bits per heavy atom. The first kappa shape index (κ1) is 12.0. The van der Waals surface area contributed by atoms with E-state index in [-0.39, 0.29) is 0 Å². The first-order chi connectivity index (χ1) is 7.19. The van der Waals surface area contributed by atoms with Crippen LogP contribution in [0, 0.1) is 11.3 Å². The third kappa shape index (κ3) is 3.54. The second kappa shape index (κ2) is 5.75. The van der Waals surface area contributed by atoms with E-state index < -0.39 is 0 Å². The summed E-state index contributed by atoms with van der Waals surface area (Å²) in [4.78, 5) is 2.28. The van der Waals surface area contributed by atoms with Crippen LogP contribution in [0.1, 0.15) is 25.0 Å². The third-order valence-corrected chi connectivity index (χ3v) is 2.61. The largest absolute Gasteiger partial charge is 0.300 e. The van der Waals surface area contributed by atoms with E-state index in [2.05, 4.69) is 24.8 Å². The van der Waals surface area contributed by atoms with Crippen molar-refractivity contribution in [3.63, 3.8) is 0 Å². The van der Waals surface area contributed by atoms with Crippen LogP contribution >= 0.6 is 11.6 Å². The molecule has 0 saturated heterocycles. The lowest BCUT2D eigenvalue weighted by Gasteiger charge is -2.18. The minimum atomic E-state index is 0.629. The summed E-state index contributed by atoms with van der Waals surface area (Å²) in [6, 6.07) is 7.61. The van der Waals surface area contributed by atoms with Gasteiger partial charge in [0.2, 0.25) is 0 Å². The number of hydrogen-bond donors (Lipinski definition) is 0. The predicted octanol–water partition coefficient (Wildman–Crippen LogP) is 3.05. The number of rotatable bonds is 4. The molecule has 1 rings (SSSR count). The zero-order valence-corrected chi connectivity index (χ0v) is 9.88. The fourth-order valence-electron chi connectivity index (χ4n) is 1.51. The summed E-state index contributed by atoms with van der Waals surface area (Å²) in [5, 5.41) is 9.45. The second-order valence-corrected chi connectivity index (χ2v) is 3.86. The van der Waals surface area contributed by atoms with Gasteiger partial charge in [-0.1, -0.05) is 25.4 Å². The lowest BCUT2D eigenvalue weighted by Crippen LogP contribution is -2.22. The van der Waals surface area contributed by atoms with Gasteiger partial charge >= 0.3 is 0 Å². The highest BCUT2D eigenvalue weighted by Crippen LogP contribution is 2.16. The van der Waals surface area contributed by atoms with Crippen molar-refractivity contribution in [1.29, 1.82) is 5.26 Å². The first-order valence-electron chi connectivity index (χ1n) is 5.11. The van der Waals surface area contributed by atoms with Crippen LogP contribution in [-0.4, -0.2) is 18.0 Å². The highest BCUT2D eigenvalue weighted by Gasteiger charge is 2.03. The van der Waals surface area contributed by atoms with E-state index in [4.69, 9.17) is 16.9 Å². The van der Waals surface area contributed by atoms with E-state index in [1.807, 2.05) is 12.1 Å². The van der Waals surface area contributed by atoms with Gasteiger partial charge < -0.3 is 0 Å². The molecule has 15 heavy (non-hydrogen) atoms. The smallest absolute Gasteiger partial charge is 0.0992 e. The van der Waals surface area contributed by atoms with E-state index in [0.29, 0.717) is 10.6 Å². The predicted molar refractivity (Wildman–Crippen MR) is 62.8 cm³/mol. The Balaban J connectivity index is 2.85. The van der Waals surface area contributed by atoms with E-state index in [0.717, 1.165) is 25.2 Å². The molecule has 1 aromatic carbocycles. The van der Waals surface area contributed by atoms with Crippen molar-refractivity contribution in [3.05, 3.63) is 34.3 Å². The molecule has 0 N–H and O–H groups in total. The van der Waals surface area contributed by atoms with Crippen molar-refractivity contribution in [1.82, 2.24) is 4.90 Å². The Morgan fingerprint density at radius 2 is 1.93 bits per heavy atom. The summed E-state index contributed by atoms with van der Waals surface area (Å²) in [5.74, 6) is 0. The fraction of sp³-hybridized carbons (Fsp3) is 0.417. The molecular weight excluding hydrogens is 208 g/mol. The molecule has 1 aromatic rings.